The molecule has 2 aliphatic carbocycles. The number of carbonyl (C=O) groups excluding carboxylic acids is 2. The van der Waals surface area contributed by atoms with E-state index in [1.807, 2.05) is 12.1 Å². The minimum atomic E-state index is -4.57. The summed E-state index contributed by atoms with van der Waals surface area (Å²) in [7, 11) is 0. The number of H-pyrrole nitrogens is 1. The Balaban J connectivity index is 0.944. The number of aromatic amines is 1. The maximum Gasteiger partial charge on any atom is 0.403 e. The number of aryl methyl sites for hydroxylation is 1. The van der Waals surface area contributed by atoms with E-state index in [2.05, 4.69) is 79.2 Å². The summed E-state index contributed by atoms with van der Waals surface area (Å²) in [5, 5.41) is 0. The van der Waals surface area contributed by atoms with E-state index in [-0.39, 0.29) is 49.7 Å². The molecule has 5 heterocycles. The highest BCUT2D eigenvalue weighted by atomic mass is 19.4. The number of aromatic nitrogens is 2. The first-order valence-corrected chi connectivity index (χ1v) is 22.7. The second kappa shape index (κ2) is 14.8. The SMILES string of the molecule is CC(C)(C)c1ccc(N2C(c3ccc4c(c3)CCCC(C3CCCN3C(=O)C3(C(F)(F)F)CC3)=N4)CCC2c2ccc3nc(C4CCCN4C(=O)C4(C(F)(F)F)CC4)[nH]c3c2)cc1. The van der Waals surface area contributed by atoms with Gasteiger partial charge >= 0.3 is 12.4 Å². The lowest BCUT2D eigenvalue weighted by atomic mass is 9.87. The van der Waals surface area contributed by atoms with Crippen LogP contribution in [0.1, 0.15) is 144 Å². The first-order valence-electron chi connectivity index (χ1n) is 22.7. The number of nitrogens with zero attached hydrogens (tertiary/aromatic N) is 5. The van der Waals surface area contributed by atoms with Crippen molar-refractivity contribution in [1.29, 1.82) is 0 Å². The third kappa shape index (κ3) is 7.12. The third-order valence-electron chi connectivity index (χ3n) is 15.1. The number of imidazole rings is 1. The number of rotatable bonds is 7. The van der Waals surface area contributed by atoms with Crippen molar-refractivity contribution in [3.8, 4) is 0 Å². The monoisotopic (exact) mass is 872 g/mol. The lowest BCUT2D eigenvalue weighted by Crippen LogP contribution is -2.48. The van der Waals surface area contributed by atoms with E-state index in [9.17, 15) is 35.9 Å². The van der Waals surface area contributed by atoms with Crippen LogP contribution in [0.2, 0.25) is 0 Å². The molecule has 3 aromatic carbocycles. The minimum Gasteiger partial charge on any atom is -0.357 e. The zero-order chi connectivity index (χ0) is 44.3. The van der Waals surface area contributed by atoms with Gasteiger partial charge in [-0.05, 0) is 141 Å². The predicted molar refractivity (Wildman–Crippen MR) is 229 cm³/mol. The molecule has 5 fully saturated rings. The van der Waals surface area contributed by atoms with Gasteiger partial charge in [-0.15, -0.1) is 0 Å². The molecule has 0 spiro atoms. The molecule has 4 aliphatic heterocycles. The summed E-state index contributed by atoms with van der Waals surface area (Å²) >= 11 is 0. The number of nitrogens with one attached hydrogen (secondary N) is 1. The van der Waals surface area contributed by atoms with Crippen LogP contribution in [-0.4, -0.2) is 68.8 Å². The second-order valence-corrected chi connectivity index (χ2v) is 20.0. The average Bonchev–Trinajstić information content (AvgIpc) is 4.00. The van der Waals surface area contributed by atoms with E-state index in [4.69, 9.17) is 9.98 Å². The number of likely N-dealkylation sites (tertiary alicyclic amines) is 2. The zero-order valence-electron chi connectivity index (χ0n) is 36.0. The molecular weight excluding hydrogens is 819 g/mol. The molecule has 4 unspecified atom stereocenters. The number of alkyl halides is 6. The predicted octanol–water partition coefficient (Wildman–Crippen LogP) is 11.7. The molecule has 2 amide bonds. The van der Waals surface area contributed by atoms with Crippen LogP contribution in [0.15, 0.2) is 65.7 Å². The summed E-state index contributed by atoms with van der Waals surface area (Å²) in [5.41, 5.74) is 4.16. The minimum absolute atomic E-state index is 0.0153. The second-order valence-electron chi connectivity index (χ2n) is 20.0. The van der Waals surface area contributed by atoms with Crippen molar-refractivity contribution < 1.29 is 35.9 Å². The molecule has 4 aromatic rings. The Morgan fingerprint density at radius 3 is 1.83 bits per heavy atom. The highest BCUT2D eigenvalue weighted by Gasteiger charge is 2.71. The number of carbonyl (C=O) groups is 2. The Labute approximate surface area is 363 Å². The molecule has 2 saturated carbocycles. The summed E-state index contributed by atoms with van der Waals surface area (Å²) in [6.45, 7) is 7.17. The maximum absolute atomic E-state index is 14.0. The normalized spacial score (nSPS) is 25.6. The molecule has 6 aliphatic rings. The highest BCUT2D eigenvalue weighted by Crippen LogP contribution is 2.61. The Hall–Kier alpha value is -4.88. The largest absolute Gasteiger partial charge is 0.403 e. The summed E-state index contributed by atoms with van der Waals surface area (Å²) in [5.74, 6) is -1.11. The Morgan fingerprint density at radius 1 is 0.667 bits per heavy atom. The Kier molecular flexibility index (Phi) is 9.91. The van der Waals surface area contributed by atoms with Crippen LogP contribution in [0, 0.1) is 10.8 Å². The lowest BCUT2D eigenvalue weighted by Gasteiger charge is -2.34. The van der Waals surface area contributed by atoms with Crippen molar-refractivity contribution >= 4 is 39.9 Å². The van der Waals surface area contributed by atoms with Gasteiger partial charge in [0.1, 0.15) is 16.7 Å². The van der Waals surface area contributed by atoms with E-state index in [1.165, 1.54) is 15.4 Å². The van der Waals surface area contributed by atoms with Crippen molar-refractivity contribution in [1.82, 2.24) is 19.8 Å². The van der Waals surface area contributed by atoms with Crippen molar-refractivity contribution in [2.45, 2.75) is 146 Å². The third-order valence-corrected chi connectivity index (χ3v) is 15.1. The number of aliphatic imine (C=N–C) groups is 1. The molecule has 3 saturated heterocycles. The topological polar surface area (TPSA) is 84.9 Å². The number of halogens is 6. The van der Waals surface area contributed by atoms with Crippen LogP contribution in [0.25, 0.3) is 11.0 Å². The summed E-state index contributed by atoms with van der Waals surface area (Å²) < 4.78 is 84.0. The number of amides is 2. The van der Waals surface area contributed by atoms with E-state index in [0.29, 0.717) is 50.0 Å². The zero-order valence-corrected chi connectivity index (χ0v) is 36.0. The van der Waals surface area contributed by atoms with Gasteiger partial charge in [0.15, 0.2) is 0 Å². The number of fused-ring (bicyclic) bond motifs is 2. The van der Waals surface area contributed by atoms with Crippen molar-refractivity contribution in [3.63, 3.8) is 0 Å². The quantitative estimate of drug-likeness (QED) is 0.188. The fraction of sp³-hybridized carbons (Fsp3) is 0.551. The molecule has 0 bridgehead atoms. The van der Waals surface area contributed by atoms with Gasteiger partial charge in [-0.3, -0.25) is 14.6 Å². The van der Waals surface area contributed by atoms with E-state index in [1.54, 1.807) is 0 Å². The van der Waals surface area contributed by atoms with Gasteiger partial charge in [-0.2, -0.15) is 26.3 Å². The molecule has 8 nitrogen and oxygen atoms in total. The fourth-order valence-corrected chi connectivity index (χ4v) is 11.1. The first kappa shape index (κ1) is 42.1. The van der Waals surface area contributed by atoms with Crippen molar-refractivity contribution in [2.75, 3.05) is 18.0 Å². The van der Waals surface area contributed by atoms with Crippen LogP contribution in [-0.2, 0) is 21.4 Å². The molecule has 0 radical (unpaired) electrons. The Bertz CT molecular complexity index is 2480. The molecule has 14 heteroatoms. The summed E-state index contributed by atoms with van der Waals surface area (Å²) in [6.07, 6.45) is -3.42. The van der Waals surface area contributed by atoms with Crippen LogP contribution in [0.3, 0.4) is 0 Å². The maximum atomic E-state index is 14.0. The molecule has 4 atom stereocenters. The number of hydrogen-bond acceptors (Lipinski definition) is 5. The summed E-state index contributed by atoms with van der Waals surface area (Å²) in [4.78, 5) is 45.5. The number of hydrogen-bond donors (Lipinski definition) is 1. The van der Waals surface area contributed by atoms with Gasteiger partial charge in [-0.1, -0.05) is 51.1 Å². The molecule has 334 valence electrons. The van der Waals surface area contributed by atoms with Crippen molar-refractivity contribution in [2.24, 2.45) is 15.8 Å². The smallest absolute Gasteiger partial charge is 0.357 e. The van der Waals surface area contributed by atoms with E-state index < -0.39 is 47.1 Å². The van der Waals surface area contributed by atoms with E-state index >= 15 is 0 Å². The summed E-state index contributed by atoms with van der Waals surface area (Å²) in [6, 6.07) is 20.4. The van der Waals surface area contributed by atoms with Crippen LogP contribution >= 0.6 is 0 Å². The van der Waals surface area contributed by atoms with Gasteiger partial charge in [0, 0.05) is 24.5 Å². The Morgan fingerprint density at radius 2 is 1.24 bits per heavy atom. The van der Waals surface area contributed by atoms with Gasteiger partial charge < -0.3 is 19.7 Å². The van der Waals surface area contributed by atoms with Crippen LogP contribution in [0.5, 0.6) is 0 Å². The average molecular weight is 873 g/mol. The molecule has 63 heavy (non-hydrogen) atoms. The fourth-order valence-electron chi connectivity index (χ4n) is 11.1. The lowest BCUT2D eigenvalue weighted by molar-refractivity contribution is -0.200. The first-order chi connectivity index (χ1) is 29.9. The molecular formula is C49H54F6N6O2. The number of benzene rings is 3. The van der Waals surface area contributed by atoms with Gasteiger partial charge in [0.2, 0.25) is 11.8 Å². The van der Waals surface area contributed by atoms with Crippen LogP contribution < -0.4 is 4.90 Å². The van der Waals surface area contributed by atoms with E-state index in [0.717, 1.165) is 65.0 Å². The van der Waals surface area contributed by atoms with Gasteiger partial charge in [-0.25, -0.2) is 4.98 Å². The molecule has 1 N–H and O–H groups in total. The molecule has 10 rings (SSSR count). The van der Waals surface area contributed by atoms with Crippen molar-refractivity contribution in [3.05, 3.63) is 88.7 Å². The van der Waals surface area contributed by atoms with Gasteiger partial charge in [0.25, 0.3) is 0 Å². The van der Waals surface area contributed by atoms with Gasteiger partial charge in [0.05, 0.1) is 40.9 Å². The van der Waals surface area contributed by atoms with Crippen LogP contribution in [0.4, 0.5) is 37.7 Å². The standard InChI is InChI=1S/C49H54F6N6O2/c1-45(2,3)32-13-15-33(16-14-32)61-38(30-11-17-34-29(27-30)7-4-8-36(56-34)40-9-5-25-59(40)43(62)46(21-22-46)48(50,51)52)19-20-39(61)31-12-18-35-37(28-31)58-42(57-35)41-10-6-26-60(41)44(63)47(23-24-47)49(53,54)55/h11-18,27-28,38-41H,4-10,19-26H2,1-3H3,(H,57,58). The number of anilines is 1. The highest BCUT2D eigenvalue weighted by molar-refractivity contribution is 5.97. The molecule has 1 aromatic heterocycles.